The largest absolute Gasteiger partial charge is 0.381 e. The standard InChI is InChI=1S/C22H23N3O/c1-16-5-3-7-18(11-16)14-24-20-9-10-23-21(13-20)22(26)25-15-19-8-4-6-17(2)12-19/h3-13H,14-15H2,1-2H3,(H,23,24)(H,25,26). The Balaban J connectivity index is 1.60. The van der Waals surface area contributed by atoms with Gasteiger partial charge in [0.15, 0.2) is 0 Å². The van der Waals surface area contributed by atoms with E-state index in [-0.39, 0.29) is 5.91 Å². The van der Waals surface area contributed by atoms with Crippen LogP contribution in [-0.2, 0) is 13.1 Å². The lowest BCUT2D eigenvalue weighted by Gasteiger charge is -2.09. The average molecular weight is 345 g/mol. The van der Waals surface area contributed by atoms with E-state index in [0.29, 0.717) is 18.8 Å². The van der Waals surface area contributed by atoms with Gasteiger partial charge in [-0.2, -0.15) is 0 Å². The summed E-state index contributed by atoms with van der Waals surface area (Å²) in [4.78, 5) is 16.6. The molecule has 26 heavy (non-hydrogen) atoms. The molecule has 0 fully saturated rings. The first-order valence-corrected chi connectivity index (χ1v) is 8.69. The summed E-state index contributed by atoms with van der Waals surface area (Å²) in [6.45, 7) is 5.31. The van der Waals surface area contributed by atoms with Crippen LogP contribution in [0.1, 0.15) is 32.7 Å². The lowest BCUT2D eigenvalue weighted by atomic mass is 10.1. The Morgan fingerprint density at radius 1 is 0.885 bits per heavy atom. The number of nitrogens with one attached hydrogen (secondary N) is 2. The van der Waals surface area contributed by atoms with Crippen molar-refractivity contribution >= 4 is 11.6 Å². The van der Waals surface area contributed by atoms with Crippen LogP contribution >= 0.6 is 0 Å². The van der Waals surface area contributed by atoms with E-state index in [1.54, 1.807) is 12.3 Å². The molecular weight excluding hydrogens is 322 g/mol. The maximum Gasteiger partial charge on any atom is 0.270 e. The van der Waals surface area contributed by atoms with E-state index in [4.69, 9.17) is 0 Å². The minimum absolute atomic E-state index is 0.175. The summed E-state index contributed by atoms with van der Waals surface area (Å²) < 4.78 is 0. The Kier molecular flexibility index (Phi) is 5.64. The third kappa shape index (κ3) is 4.93. The van der Waals surface area contributed by atoms with Crippen molar-refractivity contribution in [2.75, 3.05) is 5.32 Å². The summed E-state index contributed by atoms with van der Waals surface area (Å²) in [6, 6.07) is 20.1. The van der Waals surface area contributed by atoms with Gasteiger partial charge in [-0.3, -0.25) is 9.78 Å². The van der Waals surface area contributed by atoms with Gasteiger partial charge in [0.2, 0.25) is 0 Å². The van der Waals surface area contributed by atoms with Crippen LogP contribution in [0.3, 0.4) is 0 Å². The van der Waals surface area contributed by atoms with Gasteiger partial charge in [0.25, 0.3) is 5.91 Å². The second-order valence-electron chi connectivity index (χ2n) is 6.44. The molecule has 4 nitrogen and oxygen atoms in total. The highest BCUT2D eigenvalue weighted by Gasteiger charge is 2.08. The summed E-state index contributed by atoms with van der Waals surface area (Å²) in [5, 5.41) is 6.27. The van der Waals surface area contributed by atoms with Gasteiger partial charge < -0.3 is 10.6 Å². The molecule has 4 heteroatoms. The molecule has 0 unspecified atom stereocenters. The van der Waals surface area contributed by atoms with Crippen LogP contribution in [0.4, 0.5) is 5.69 Å². The third-order valence-corrected chi connectivity index (χ3v) is 4.11. The van der Waals surface area contributed by atoms with Gasteiger partial charge in [0, 0.05) is 25.0 Å². The number of nitrogens with zero attached hydrogens (tertiary/aromatic N) is 1. The molecule has 132 valence electrons. The summed E-state index contributed by atoms with van der Waals surface area (Å²) in [6.07, 6.45) is 1.65. The van der Waals surface area contributed by atoms with Crippen LogP contribution in [0, 0.1) is 13.8 Å². The second kappa shape index (κ2) is 8.30. The van der Waals surface area contributed by atoms with Gasteiger partial charge in [-0.1, -0.05) is 59.7 Å². The molecule has 0 aliphatic rings. The maximum atomic E-state index is 12.4. The number of anilines is 1. The molecule has 0 atom stereocenters. The zero-order valence-corrected chi connectivity index (χ0v) is 15.1. The lowest BCUT2D eigenvalue weighted by Crippen LogP contribution is -2.23. The molecule has 3 aromatic rings. The number of aromatic nitrogens is 1. The van der Waals surface area contributed by atoms with Crippen molar-refractivity contribution in [1.29, 1.82) is 0 Å². The number of hydrogen-bond acceptors (Lipinski definition) is 3. The molecule has 1 amide bonds. The number of carbonyl (C=O) groups is 1. The Morgan fingerprint density at radius 3 is 2.19 bits per heavy atom. The molecule has 0 aliphatic heterocycles. The van der Waals surface area contributed by atoms with Gasteiger partial charge in [-0.15, -0.1) is 0 Å². The van der Waals surface area contributed by atoms with Gasteiger partial charge in [-0.05, 0) is 37.1 Å². The Morgan fingerprint density at radius 2 is 1.54 bits per heavy atom. The predicted molar refractivity (Wildman–Crippen MR) is 105 cm³/mol. The van der Waals surface area contributed by atoms with E-state index in [9.17, 15) is 4.79 Å². The van der Waals surface area contributed by atoms with Crippen molar-refractivity contribution in [3.8, 4) is 0 Å². The minimum Gasteiger partial charge on any atom is -0.381 e. The summed E-state index contributed by atoms with van der Waals surface area (Å²) >= 11 is 0. The fourth-order valence-corrected chi connectivity index (χ4v) is 2.79. The first-order valence-electron chi connectivity index (χ1n) is 8.69. The van der Waals surface area contributed by atoms with Crippen LogP contribution in [0.15, 0.2) is 66.9 Å². The predicted octanol–water partition coefficient (Wildman–Crippen LogP) is 4.24. The molecule has 0 bridgehead atoms. The number of rotatable bonds is 6. The van der Waals surface area contributed by atoms with Crippen molar-refractivity contribution in [3.63, 3.8) is 0 Å². The highest BCUT2D eigenvalue weighted by molar-refractivity contribution is 5.93. The molecule has 0 saturated heterocycles. The van der Waals surface area contributed by atoms with Crippen LogP contribution < -0.4 is 10.6 Å². The fourth-order valence-electron chi connectivity index (χ4n) is 2.79. The number of pyridine rings is 1. The molecule has 2 aromatic carbocycles. The quantitative estimate of drug-likeness (QED) is 0.702. The summed E-state index contributed by atoms with van der Waals surface area (Å²) in [5.74, 6) is -0.175. The first-order chi connectivity index (χ1) is 12.6. The van der Waals surface area contributed by atoms with Crippen molar-refractivity contribution < 1.29 is 4.79 Å². The number of aryl methyl sites for hydroxylation is 2. The Hall–Kier alpha value is -3.14. The first kappa shape index (κ1) is 17.7. The molecule has 0 aliphatic carbocycles. The zero-order valence-electron chi connectivity index (χ0n) is 15.1. The second-order valence-corrected chi connectivity index (χ2v) is 6.44. The number of benzene rings is 2. The summed E-state index contributed by atoms with van der Waals surface area (Å²) in [5.41, 5.74) is 5.97. The highest BCUT2D eigenvalue weighted by Crippen LogP contribution is 2.12. The van der Waals surface area contributed by atoms with Crippen molar-refractivity contribution in [2.45, 2.75) is 26.9 Å². The smallest absolute Gasteiger partial charge is 0.270 e. The van der Waals surface area contributed by atoms with E-state index in [1.165, 1.54) is 16.7 Å². The summed E-state index contributed by atoms with van der Waals surface area (Å²) in [7, 11) is 0. The normalized spacial score (nSPS) is 10.4. The van der Waals surface area contributed by atoms with E-state index in [2.05, 4.69) is 46.8 Å². The molecule has 3 rings (SSSR count). The van der Waals surface area contributed by atoms with E-state index >= 15 is 0 Å². The molecule has 1 heterocycles. The van der Waals surface area contributed by atoms with Gasteiger partial charge >= 0.3 is 0 Å². The fraction of sp³-hybridized carbons (Fsp3) is 0.182. The molecule has 0 radical (unpaired) electrons. The molecule has 2 N–H and O–H groups in total. The minimum atomic E-state index is -0.175. The average Bonchev–Trinajstić information content (AvgIpc) is 2.65. The SMILES string of the molecule is Cc1cccc(CNC(=O)c2cc(NCc3cccc(C)c3)ccn2)c1. The van der Waals surface area contributed by atoms with Crippen LogP contribution in [-0.4, -0.2) is 10.9 Å². The maximum absolute atomic E-state index is 12.4. The monoisotopic (exact) mass is 345 g/mol. The van der Waals surface area contributed by atoms with Crippen LogP contribution in [0.2, 0.25) is 0 Å². The number of hydrogen-bond donors (Lipinski definition) is 2. The Bertz CT molecular complexity index is 905. The van der Waals surface area contributed by atoms with E-state index < -0.39 is 0 Å². The Labute approximate surface area is 154 Å². The van der Waals surface area contributed by atoms with Crippen LogP contribution in [0.5, 0.6) is 0 Å². The lowest BCUT2D eigenvalue weighted by molar-refractivity contribution is 0.0946. The molecule has 1 aromatic heterocycles. The van der Waals surface area contributed by atoms with Crippen molar-refractivity contribution in [2.24, 2.45) is 0 Å². The highest BCUT2D eigenvalue weighted by atomic mass is 16.1. The zero-order chi connectivity index (χ0) is 18.4. The topological polar surface area (TPSA) is 54.0 Å². The third-order valence-electron chi connectivity index (χ3n) is 4.11. The number of amides is 1. The number of carbonyl (C=O) groups excluding carboxylic acids is 1. The van der Waals surface area contributed by atoms with Gasteiger partial charge in [0.05, 0.1) is 0 Å². The molecule has 0 spiro atoms. The van der Waals surface area contributed by atoms with E-state index in [0.717, 1.165) is 11.3 Å². The van der Waals surface area contributed by atoms with E-state index in [1.807, 2.05) is 37.3 Å². The van der Waals surface area contributed by atoms with Crippen molar-refractivity contribution in [1.82, 2.24) is 10.3 Å². The molecular formula is C22H23N3O. The van der Waals surface area contributed by atoms with Crippen molar-refractivity contribution in [3.05, 3.63) is 94.8 Å². The molecule has 0 saturated carbocycles. The van der Waals surface area contributed by atoms with Crippen LogP contribution in [0.25, 0.3) is 0 Å². The van der Waals surface area contributed by atoms with Gasteiger partial charge in [0.1, 0.15) is 5.69 Å². The van der Waals surface area contributed by atoms with Gasteiger partial charge in [-0.25, -0.2) is 0 Å².